The van der Waals surface area contributed by atoms with Crippen molar-refractivity contribution in [2.45, 2.75) is 38.8 Å². The number of rotatable bonds is 6. The average molecular weight is 313 g/mol. The van der Waals surface area contributed by atoms with Gasteiger partial charge in [-0.2, -0.15) is 0 Å². The van der Waals surface area contributed by atoms with Crippen LogP contribution in [0.15, 0.2) is 48.1 Å². The van der Waals surface area contributed by atoms with Crippen LogP contribution in [-0.4, -0.2) is 11.5 Å². The molecule has 1 aromatic carbocycles. The van der Waals surface area contributed by atoms with Crippen LogP contribution in [0.2, 0.25) is 0 Å². The van der Waals surface area contributed by atoms with Crippen molar-refractivity contribution in [1.82, 2.24) is 0 Å². The fourth-order valence-electron chi connectivity index (χ4n) is 3.57. The van der Waals surface area contributed by atoms with Gasteiger partial charge in [0, 0.05) is 4.91 Å². The molecule has 0 aliphatic heterocycles. The van der Waals surface area contributed by atoms with E-state index in [2.05, 4.69) is 30.5 Å². The summed E-state index contributed by atoms with van der Waals surface area (Å²) in [5, 5.41) is 3.93. The molecule has 0 unspecified atom stereocenters. The van der Waals surface area contributed by atoms with Crippen molar-refractivity contribution in [3.05, 3.63) is 59.0 Å². The van der Waals surface area contributed by atoms with Gasteiger partial charge in [0.2, 0.25) is 0 Å². The van der Waals surface area contributed by atoms with Gasteiger partial charge < -0.3 is 4.74 Å². The normalized spacial score (nSPS) is 29.6. The van der Waals surface area contributed by atoms with Crippen LogP contribution in [-0.2, 0) is 16.1 Å². The van der Waals surface area contributed by atoms with E-state index in [1.807, 2.05) is 30.3 Å². The number of benzene rings is 1. The van der Waals surface area contributed by atoms with Crippen molar-refractivity contribution in [2.75, 3.05) is 0 Å². The number of hydrogen-bond donors (Lipinski definition) is 0. The van der Waals surface area contributed by atoms with Crippen molar-refractivity contribution >= 4 is 5.97 Å². The fourth-order valence-corrected chi connectivity index (χ4v) is 3.57. The Balaban J connectivity index is 2.23. The van der Waals surface area contributed by atoms with E-state index in [4.69, 9.17) is 10.3 Å². The average Bonchev–Trinajstić information content (AvgIpc) is 2.80. The molecule has 122 valence electrons. The number of allylic oxidation sites excluding steroid dienone is 1. The largest absolute Gasteiger partial charge is 0.460 e. The number of hydrogen-bond acceptors (Lipinski definition) is 3. The van der Waals surface area contributed by atoms with Gasteiger partial charge in [0.05, 0.1) is 0 Å². The number of nitrogens with zero attached hydrogens (tertiary/aromatic N) is 3. The second kappa shape index (κ2) is 7.34. The molecule has 5 heteroatoms. The topological polar surface area (TPSA) is 75.1 Å². The summed E-state index contributed by atoms with van der Waals surface area (Å²) >= 11 is 0. The van der Waals surface area contributed by atoms with E-state index >= 15 is 0 Å². The Kier molecular flexibility index (Phi) is 5.45. The van der Waals surface area contributed by atoms with Crippen molar-refractivity contribution in [1.29, 1.82) is 0 Å². The molecule has 4 atom stereocenters. The number of esters is 1. The Morgan fingerprint density at radius 2 is 2.17 bits per heavy atom. The van der Waals surface area contributed by atoms with Gasteiger partial charge in [0.25, 0.3) is 0 Å². The zero-order valence-electron chi connectivity index (χ0n) is 13.7. The maximum absolute atomic E-state index is 12.8. The molecular formula is C18H23N3O2. The van der Waals surface area contributed by atoms with Gasteiger partial charge in [-0.05, 0) is 41.7 Å². The van der Waals surface area contributed by atoms with E-state index in [1.54, 1.807) is 6.08 Å². The van der Waals surface area contributed by atoms with E-state index in [9.17, 15) is 4.79 Å². The lowest BCUT2D eigenvalue weighted by atomic mass is 9.81. The molecule has 1 aliphatic rings. The van der Waals surface area contributed by atoms with Crippen LogP contribution >= 0.6 is 0 Å². The molecule has 1 aromatic rings. The van der Waals surface area contributed by atoms with Crippen LogP contribution in [0.4, 0.5) is 0 Å². The van der Waals surface area contributed by atoms with Crippen LogP contribution in [0.25, 0.3) is 10.4 Å². The first kappa shape index (κ1) is 17.1. The smallest absolute Gasteiger partial charge is 0.318 e. The first-order chi connectivity index (χ1) is 11.0. The number of carbonyl (C=O) groups is 1. The predicted molar refractivity (Wildman–Crippen MR) is 89.4 cm³/mol. The van der Waals surface area contributed by atoms with Crippen LogP contribution in [0.1, 0.15) is 32.3 Å². The Hall–Kier alpha value is -2.26. The van der Waals surface area contributed by atoms with Gasteiger partial charge in [0.1, 0.15) is 12.1 Å². The van der Waals surface area contributed by atoms with Crippen molar-refractivity contribution in [3.63, 3.8) is 0 Å². The predicted octanol–water partition coefficient (Wildman–Crippen LogP) is 4.65. The first-order valence-electron chi connectivity index (χ1n) is 7.93. The highest BCUT2D eigenvalue weighted by Crippen LogP contribution is 2.49. The standard InChI is InChI=1S/C18H23N3O2/c1-4-8-16-14(3)13(2)11-18(16,20-21-19)17(22)23-12-15-9-6-5-7-10-15/h4-7,9-10,13-14,16H,1,8,11-12H2,2-3H3/t13-,14-,16+,18+/m1/s1. The third-order valence-corrected chi connectivity index (χ3v) is 4.99. The highest BCUT2D eigenvalue weighted by molar-refractivity contribution is 5.82. The fraction of sp³-hybridized carbons (Fsp3) is 0.500. The third kappa shape index (κ3) is 3.40. The Bertz CT molecular complexity index is 610. The minimum Gasteiger partial charge on any atom is -0.460 e. The van der Waals surface area contributed by atoms with Crippen molar-refractivity contribution < 1.29 is 9.53 Å². The zero-order chi connectivity index (χ0) is 16.9. The monoisotopic (exact) mass is 313 g/mol. The second-order valence-corrected chi connectivity index (χ2v) is 6.35. The van der Waals surface area contributed by atoms with Gasteiger partial charge in [-0.1, -0.05) is 55.4 Å². The molecule has 0 spiro atoms. The van der Waals surface area contributed by atoms with Crippen LogP contribution in [0.5, 0.6) is 0 Å². The van der Waals surface area contributed by atoms with E-state index in [0.29, 0.717) is 12.8 Å². The molecule has 0 aromatic heterocycles. The summed E-state index contributed by atoms with van der Waals surface area (Å²) in [6.45, 7) is 8.14. The van der Waals surface area contributed by atoms with Crippen molar-refractivity contribution in [2.24, 2.45) is 22.9 Å². The number of carbonyl (C=O) groups excluding carboxylic acids is 1. The Labute approximate surface area is 137 Å². The van der Waals surface area contributed by atoms with E-state index < -0.39 is 11.5 Å². The first-order valence-corrected chi connectivity index (χ1v) is 7.93. The molecule has 0 bridgehead atoms. The highest BCUT2D eigenvalue weighted by atomic mass is 16.5. The third-order valence-electron chi connectivity index (χ3n) is 4.99. The quantitative estimate of drug-likeness (QED) is 0.252. The summed E-state index contributed by atoms with van der Waals surface area (Å²) in [5.41, 5.74) is 8.79. The van der Waals surface area contributed by atoms with E-state index in [1.165, 1.54) is 0 Å². The molecule has 23 heavy (non-hydrogen) atoms. The van der Waals surface area contributed by atoms with Crippen LogP contribution in [0, 0.1) is 17.8 Å². The molecule has 2 rings (SSSR count). The molecule has 0 N–H and O–H groups in total. The summed E-state index contributed by atoms with van der Waals surface area (Å²) in [7, 11) is 0. The Morgan fingerprint density at radius 1 is 1.48 bits per heavy atom. The summed E-state index contributed by atoms with van der Waals surface area (Å²) in [4.78, 5) is 15.7. The lowest BCUT2D eigenvalue weighted by molar-refractivity contribution is -0.153. The zero-order valence-corrected chi connectivity index (χ0v) is 13.7. The number of azide groups is 1. The molecule has 0 radical (unpaired) electrons. The summed E-state index contributed by atoms with van der Waals surface area (Å²) < 4.78 is 5.50. The lowest BCUT2D eigenvalue weighted by Crippen LogP contribution is -2.42. The van der Waals surface area contributed by atoms with Gasteiger partial charge >= 0.3 is 5.97 Å². The summed E-state index contributed by atoms with van der Waals surface area (Å²) in [5.74, 6) is 0.0499. The molecule has 5 nitrogen and oxygen atoms in total. The summed E-state index contributed by atoms with van der Waals surface area (Å²) in [6, 6.07) is 9.50. The van der Waals surface area contributed by atoms with Crippen LogP contribution in [0.3, 0.4) is 0 Å². The SMILES string of the molecule is C=CC[C@H]1[C@H](C)[C@H](C)C[C@@]1(N=[N+]=[N-])C(=O)OCc1ccccc1. The minimum absolute atomic E-state index is 0.0748. The summed E-state index contributed by atoms with van der Waals surface area (Å²) in [6.07, 6.45) is 2.93. The highest BCUT2D eigenvalue weighted by Gasteiger charge is 2.55. The molecule has 1 aliphatic carbocycles. The molecule has 0 amide bonds. The Morgan fingerprint density at radius 3 is 2.78 bits per heavy atom. The van der Waals surface area contributed by atoms with Crippen LogP contribution < -0.4 is 0 Å². The maximum atomic E-state index is 12.8. The van der Waals surface area contributed by atoms with Gasteiger partial charge in [-0.15, -0.1) is 6.58 Å². The molecular weight excluding hydrogens is 290 g/mol. The molecule has 1 fully saturated rings. The molecule has 0 heterocycles. The van der Waals surface area contributed by atoms with E-state index in [0.717, 1.165) is 5.56 Å². The molecule has 1 saturated carbocycles. The molecule has 0 saturated heterocycles. The second-order valence-electron chi connectivity index (χ2n) is 6.35. The number of ether oxygens (including phenoxy) is 1. The van der Waals surface area contributed by atoms with Gasteiger partial charge in [0.15, 0.2) is 0 Å². The lowest BCUT2D eigenvalue weighted by Gasteiger charge is -2.29. The minimum atomic E-state index is -1.13. The van der Waals surface area contributed by atoms with Gasteiger partial charge in [-0.25, -0.2) is 0 Å². The van der Waals surface area contributed by atoms with E-state index in [-0.39, 0.29) is 24.4 Å². The van der Waals surface area contributed by atoms with Gasteiger partial charge in [-0.3, -0.25) is 4.79 Å². The maximum Gasteiger partial charge on any atom is 0.318 e. The van der Waals surface area contributed by atoms with Crippen molar-refractivity contribution in [3.8, 4) is 0 Å².